The Morgan fingerprint density at radius 2 is 1.78 bits per heavy atom. The molecule has 18 heavy (non-hydrogen) atoms. The van der Waals surface area contributed by atoms with Crippen LogP contribution in [0.4, 0.5) is 0 Å². The van der Waals surface area contributed by atoms with Crippen molar-refractivity contribution >= 4 is 11.6 Å². The maximum absolute atomic E-state index is 11.8. The van der Waals surface area contributed by atoms with Gasteiger partial charge >= 0.3 is 0 Å². The highest BCUT2D eigenvalue weighted by molar-refractivity contribution is 6.08. The van der Waals surface area contributed by atoms with Crippen LogP contribution in [0, 0.1) is 5.92 Å². The Morgan fingerprint density at radius 1 is 1.17 bits per heavy atom. The molecular weight excluding hydrogens is 228 g/mol. The Hall–Kier alpha value is -1.48. The molecule has 98 valence electrons. The van der Waals surface area contributed by atoms with Gasteiger partial charge in [0.2, 0.25) is 0 Å². The molecule has 0 aliphatic heterocycles. The molecule has 0 aliphatic carbocycles. The first kappa shape index (κ1) is 14.6. The molecule has 0 heterocycles. The van der Waals surface area contributed by atoms with Crippen LogP contribution >= 0.6 is 0 Å². The van der Waals surface area contributed by atoms with Gasteiger partial charge < -0.3 is 4.74 Å². The zero-order valence-corrected chi connectivity index (χ0v) is 11.2. The molecule has 0 unspecified atom stereocenters. The summed E-state index contributed by atoms with van der Waals surface area (Å²) in [6, 6.07) is 7.49. The molecular formula is C15H20O3. The van der Waals surface area contributed by atoms with Gasteiger partial charge in [0.25, 0.3) is 0 Å². The van der Waals surface area contributed by atoms with E-state index in [9.17, 15) is 9.59 Å². The minimum atomic E-state index is -0.186. The minimum Gasteiger partial charge on any atom is -0.377 e. The van der Waals surface area contributed by atoms with Crippen LogP contribution in [0.25, 0.3) is 0 Å². The number of ether oxygens (including phenoxy) is 1. The van der Waals surface area contributed by atoms with Gasteiger partial charge in [-0.1, -0.05) is 38.1 Å². The topological polar surface area (TPSA) is 43.4 Å². The van der Waals surface area contributed by atoms with Crippen LogP contribution in [0.1, 0.15) is 36.2 Å². The Labute approximate surface area is 108 Å². The van der Waals surface area contributed by atoms with Gasteiger partial charge in [-0.15, -0.1) is 0 Å². The second kappa shape index (κ2) is 7.07. The number of carbonyl (C=O) groups is 2. The van der Waals surface area contributed by atoms with Gasteiger partial charge in [0.05, 0.1) is 6.42 Å². The van der Waals surface area contributed by atoms with Crippen molar-refractivity contribution in [1.82, 2.24) is 0 Å². The third-order valence-electron chi connectivity index (χ3n) is 2.58. The third kappa shape index (κ3) is 4.80. The lowest BCUT2D eigenvalue weighted by Crippen LogP contribution is -2.13. The van der Waals surface area contributed by atoms with Crippen LogP contribution in [-0.2, 0) is 16.0 Å². The van der Waals surface area contributed by atoms with E-state index < -0.39 is 0 Å². The summed E-state index contributed by atoms with van der Waals surface area (Å²) in [7, 11) is 1.45. The molecule has 3 nitrogen and oxygen atoms in total. The Bertz CT molecular complexity index is 404. The van der Waals surface area contributed by atoms with Gasteiger partial charge in [0.15, 0.2) is 11.6 Å². The second-order valence-corrected chi connectivity index (χ2v) is 4.87. The van der Waals surface area contributed by atoms with Crippen molar-refractivity contribution in [1.29, 1.82) is 0 Å². The third-order valence-corrected chi connectivity index (χ3v) is 2.58. The van der Waals surface area contributed by atoms with Crippen molar-refractivity contribution in [3.05, 3.63) is 35.4 Å². The van der Waals surface area contributed by atoms with Gasteiger partial charge in [-0.3, -0.25) is 9.59 Å². The minimum absolute atomic E-state index is 0.00280. The molecule has 0 bridgehead atoms. The molecule has 1 aromatic carbocycles. The van der Waals surface area contributed by atoms with Crippen molar-refractivity contribution in [2.45, 2.75) is 26.7 Å². The molecule has 1 rings (SSSR count). The van der Waals surface area contributed by atoms with Gasteiger partial charge in [-0.2, -0.15) is 0 Å². The zero-order valence-electron chi connectivity index (χ0n) is 11.2. The van der Waals surface area contributed by atoms with Crippen LogP contribution in [0.5, 0.6) is 0 Å². The lowest BCUT2D eigenvalue weighted by molar-refractivity contribution is -0.121. The number of ketones is 2. The first-order valence-corrected chi connectivity index (χ1v) is 6.15. The summed E-state index contributed by atoms with van der Waals surface area (Å²) in [5.41, 5.74) is 1.80. The molecule has 0 spiro atoms. The fraction of sp³-hybridized carbons (Fsp3) is 0.467. The summed E-state index contributed by atoms with van der Waals surface area (Å²) < 4.78 is 4.70. The van der Waals surface area contributed by atoms with E-state index in [-0.39, 0.29) is 24.6 Å². The monoisotopic (exact) mass is 248 g/mol. The second-order valence-electron chi connectivity index (χ2n) is 4.87. The molecule has 0 N–H and O–H groups in total. The highest BCUT2D eigenvalue weighted by Crippen LogP contribution is 2.11. The Balaban J connectivity index is 2.61. The number of hydrogen-bond donors (Lipinski definition) is 0. The maximum Gasteiger partial charge on any atom is 0.170 e. The zero-order chi connectivity index (χ0) is 13.5. The maximum atomic E-state index is 11.8. The van der Waals surface area contributed by atoms with Crippen molar-refractivity contribution in [2.24, 2.45) is 5.92 Å². The van der Waals surface area contributed by atoms with E-state index in [1.54, 1.807) is 12.1 Å². The summed E-state index contributed by atoms with van der Waals surface area (Å²) in [6.45, 7) is 4.31. The van der Waals surface area contributed by atoms with Gasteiger partial charge in [-0.05, 0) is 17.9 Å². The van der Waals surface area contributed by atoms with Crippen molar-refractivity contribution in [3.8, 4) is 0 Å². The van der Waals surface area contributed by atoms with Crippen LogP contribution in [-0.4, -0.2) is 25.3 Å². The van der Waals surface area contributed by atoms with E-state index in [1.807, 2.05) is 12.1 Å². The number of Topliss-reactive ketones (excluding diaryl/α,β-unsaturated/α-hetero) is 2. The van der Waals surface area contributed by atoms with Crippen LogP contribution in [0.2, 0.25) is 0 Å². The van der Waals surface area contributed by atoms with Gasteiger partial charge in [0, 0.05) is 12.7 Å². The number of hydrogen-bond acceptors (Lipinski definition) is 3. The van der Waals surface area contributed by atoms with Crippen LogP contribution in [0.3, 0.4) is 0 Å². The van der Waals surface area contributed by atoms with Crippen molar-refractivity contribution < 1.29 is 14.3 Å². The molecule has 0 fully saturated rings. The van der Waals surface area contributed by atoms with E-state index in [2.05, 4.69) is 13.8 Å². The predicted molar refractivity (Wildman–Crippen MR) is 70.8 cm³/mol. The first-order chi connectivity index (χ1) is 8.52. The molecule has 0 aromatic heterocycles. The number of carbonyl (C=O) groups excluding carboxylic acids is 2. The van der Waals surface area contributed by atoms with Gasteiger partial charge in [0.1, 0.15) is 6.61 Å². The Kier molecular flexibility index (Phi) is 5.72. The lowest BCUT2D eigenvalue weighted by Gasteiger charge is -2.06. The smallest absolute Gasteiger partial charge is 0.170 e. The normalized spacial score (nSPS) is 10.7. The van der Waals surface area contributed by atoms with Crippen LogP contribution < -0.4 is 0 Å². The summed E-state index contributed by atoms with van der Waals surface area (Å²) in [6.07, 6.45) is 0.911. The SMILES string of the molecule is COCC(=O)CC(=O)c1ccc(CC(C)C)cc1. The molecule has 3 heteroatoms. The van der Waals surface area contributed by atoms with Crippen LogP contribution in [0.15, 0.2) is 24.3 Å². The molecule has 0 amide bonds. The molecule has 0 saturated heterocycles. The number of rotatable bonds is 7. The fourth-order valence-corrected chi connectivity index (χ4v) is 1.79. The molecule has 0 aliphatic rings. The van der Waals surface area contributed by atoms with Gasteiger partial charge in [-0.25, -0.2) is 0 Å². The predicted octanol–water partition coefficient (Wildman–Crippen LogP) is 2.67. The summed E-state index contributed by atoms with van der Waals surface area (Å²) >= 11 is 0. The average molecular weight is 248 g/mol. The molecule has 0 atom stereocenters. The van der Waals surface area contributed by atoms with E-state index in [4.69, 9.17) is 4.74 Å². The number of methoxy groups -OCH3 is 1. The van der Waals surface area contributed by atoms with E-state index >= 15 is 0 Å². The van der Waals surface area contributed by atoms with Crippen molar-refractivity contribution in [3.63, 3.8) is 0 Å². The lowest BCUT2D eigenvalue weighted by atomic mass is 9.99. The molecule has 0 saturated carbocycles. The number of benzene rings is 1. The summed E-state index contributed by atoms with van der Waals surface area (Å²) in [5.74, 6) is 0.261. The first-order valence-electron chi connectivity index (χ1n) is 6.15. The average Bonchev–Trinajstić information content (AvgIpc) is 2.29. The highest BCUT2D eigenvalue weighted by atomic mass is 16.5. The summed E-state index contributed by atoms with van der Waals surface area (Å²) in [4.78, 5) is 23.1. The summed E-state index contributed by atoms with van der Waals surface area (Å²) in [5, 5.41) is 0. The molecule has 1 aromatic rings. The van der Waals surface area contributed by atoms with E-state index in [0.717, 1.165) is 6.42 Å². The largest absolute Gasteiger partial charge is 0.377 e. The fourth-order valence-electron chi connectivity index (χ4n) is 1.79. The van der Waals surface area contributed by atoms with E-state index in [1.165, 1.54) is 12.7 Å². The van der Waals surface area contributed by atoms with E-state index in [0.29, 0.717) is 11.5 Å². The standard InChI is InChI=1S/C15H20O3/c1-11(2)8-12-4-6-13(7-5-12)15(17)9-14(16)10-18-3/h4-7,11H,8-10H2,1-3H3. The highest BCUT2D eigenvalue weighted by Gasteiger charge is 2.11. The quantitative estimate of drug-likeness (QED) is 0.550. The Morgan fingerprint density at radius 3 is 2.28 bits per heavy atom. The molecule has 0 radical (unpaired) electrons. The van der Waals surface area contributed by atoms with Crippen molar-refractivity contribution in [2.75, 3.05) is 13.7 Å².